The van der Waals surface area contributed by atoms with E-state index in [1.165, 1.54) is 6.42 Å². The lowest BCUT2D eigenvalue weighted by Crippen LogP contribution is -2.30. The summed E-state index contributed by atoms with van der Waals surface area (Å²) in [5.74, 6) is 0. The van der Waals surface area contributed by atoms with Gasteiger partial charge in [0.2, 0.25) is 0 Å². The van der Waals surface area contributed by atoms with Crippen LogP contribution in [0.15, 0.2) is 0 Å². The zero-order chi connectivity index (χ0) is 13.6. The van der Waals surface area contributed by atoms with Crippen LogP contribution in [0.2, 0.25) is 0 Å². The van der Waals surface area contributed by atoms with E-state index >= 15 is 0 Å². The van der Waals surface area contributed by atoms with Crippen molar-refractivity contribution >= 4 is 0 Å². The van der Waals surface area contributed by atoms with Crippen molar-refractivity contribution < 1.29 is 14.2 Å². The molecule has 0 rings (SSSR count). The van der Waals surface area contributed by atoms with Gasteiger partial charge in [0.15, 0.2) is 0 Å². The maximum absolute atomic E-state index is 5.75. The van der Waals surface area contributed by atoms with Crippen LogP contribution in [0.3, 0.4) is 0 Å². The standard InChI is InChI=1S/C14H31NO3/c1-5-7-15-13(2)12-14(3)18-9-6-8-17-11-10-16-4/h13-15H,5-12H2,1-4H3. The molecule has 0 bridgehead atoms. The van der Waals surface area contributed by atoms with Gasteiger partial charge in [-0.25, -0.2) is 0 Å². The first kappa shape index (κ1) is 17.8. The molecule has 0 spiro atoms. The number of rotatable bonds is 13. The topological polar surface area (TPSA) is 39.7 Å². The summed E-state index contributed by atoms with van der Waals surface area (Å²) >= 11 is 0. The second-order valence-corrected chi connectivity index (χ2v) is 4.73. The van der Waals surface area contributed by atoms with E-state index in [-0.39, 0.29) is 0 Å². The minimum atomic E-state index is 0.309. The summed E-state index contributed by atoms with van der Waals surface area (Å²) in [4.78, 5) is 0. The third kappa shape index (κ3) is 12.3. The lowest BCUT2D eigenvalue weighted by molar-refractivity contribution is 0.0245. The van der Waals surface area contributed by atoms with E-state index in [4.69, 9.17) is 14.2 Å². The van der Waals surface area contributed by atoms with Gasteiger partial charge < -0.3 is 19.5 Å². The lowest BCUT2D eigenvalue weighted by Gasteiger charge is -2.19. The largest absolute Gasteiger partial charge is 0.382 e. The van der Waals surface area contributed by atoms with Gasteiger partial charge in [-0.05, 0) is 39.7 Å². The molecule has 0 aliphatic carbocycles. The van der Waals surface area contributed by atoms with Crippen LogP contribution >= 0.6 is 0 Å². The summed E-state index contributed by atoms with van der Waals surface area (Å²) in [5.41, 5.74) is 0. The predicted octanol–water partition coefficient (Wildman–Crippen LogP) is 2.22. The van der Waals surface area contributed by atoms with Crippen LogP contribution in [0.4, 0.5) is 0 Å². The van der Waals surface area contributed by atoms with Gasteiger partial charge in [0, 0.05) is 26.4 Å². The van der Waals surface area contributed by atoms with Crippen LogP contribution in [0.25, 0.3) is 0 Å². The molecule has 0 aliphatic rings. The van der Waals surface area contributed by atoms with E-state index in [1.54, 1.807) is 7.11 Å². The van der Waals surface area contributed by atoms with Crippen molar-refractivity contribution in [3.05, 3.63) is 0 Å². The Labute approximate surface area is 112 Å². The van der Waals surface area contributed by atoms with Gasteiger partial charge in [-0.1, -0.05) is 6.92 Å². The summed E-state index contributed by atoms with van der Waals surface area (Å²) in [6.07, 6.45) is 3.50. The van der Waals surface area contributed by atoms with E-state index < -0.39 is 0 Å². The quantitative estimate of drug-likeness (QED) is 0.516. The smallest absolute Gasteiger partial charge is 0.0700 e. The Hall–Kier alpha value is -0.160. The Kier molecular flexibility index (Phi) is 13.2. The SMILES string of the molecule is CCCNC(C)CC(C)OCCCOCCOC. The first-order chi connectivity index (χ1) is 8.70. The fraction of sp³-hybridized carbons (Fsp3) is 1.00. The second kappa shape index (κ2) is 13.3. The highest BCUT2D eigenvalue weighted by Gasteiger charge is 2.07. The first-order valence-corrected chi connectivity index (χ1v) is 7.12. The average molecular weight is 261 g/mol. The summed E-state index contributed by atoms with van der Waals surface area (Å²) < 4.78 is 16.0. The zero-order valence-electron chi connectivity index (χ0n) is 12.5. The molecule has 110 valence electrons. The maximum Gasteiger partial charge on any atom is 0.0700 e. The molecule has 4 heteroatoms. The molecule has 4 nitrogen and oxygen atoms in total. The molecular weight excluding hydrogens is 230 g/mol. The van der Waals surface area contributed by atoms with Crippen molar-refractivity contribution in [1.82, 2.24) is 5.32 Å². The van der Waals surface area contributed by atoms with Crippen LogP contribution in [0.1, 0.15) is 40.0 Å². The van der Waals surface area contributed by atoms with Crippen molar-refractivity contribution in [1.29, 1.82) is 0 Å². The molecule has 18 heavy (non-hydrogen) atoms. The molecule has 0 aliphatic heterocycles. The number of methoxy groups -OCH3 is 1. The van der Waals surface area contributed by atoms with Crippen molar-refractivity contribution in [3.8, 4) is 0 Å². The Bertz CT molecular complexity index is 167. The average Bonchev–Trinajstić information content (AvgIpc) is 2.35. The normalized spacial score (nSPS) is 14.7. The van der Waals surface area contributed by atoms with Gasteiger partial charge in [-0.2, -0.15) is 0 Å². The molecule has 1 N–H and O–H groups in total. The highest BCUT2D eigenvalue weighted by molar-refractivity contribution is 4.64. The summed E-state index contributed by atoms with van der Waals surface area (Å²) in [5, 5.41) is 3.47. The Morgan fingerprint density at radius 3 is 2.50 bits per heavy atom. The van der Waals surface area contributed by atoms with E-state index in [0.29, 0.717) is 25.4 Å². The van der Waals surface area contributed by atoms with Gasteiger partial charge >= 0.3 is 0 Å². The fourth-order valence-electron chi connectivity index (χ4n) is 1.73. The minimum Gasteiger partial charge on any atom is -0.382 e. The van der Waals surface area contributed by atoms with Gasteiger partial charge in [-0.15, -0.1) is 0 Å². The third-order valence-electron chi connectivity index (χ3n) is 2.70. The molecule has 0 saturated carbocycles. The molecule has 2 atom stereocenters. The van der Waals surface area contributed by atoms with Gasteiger partial charge in [0.05, 0.1) is 19.3 Å². The highest BCUT2D eigenvalue weighted by atomic mass is 16.5. The van der Waals surface area contributed by atoms with Gasteiger partial charge in [0.1, 0.15) is 0 Å². The summed E-state index contributed by atoms with van der Waals surface area (Å²) in [7, 11) is 1.68. The molecule has 0 aromatic heterocycles. The lowest BCUT2D eigenvalue weighted by atomic mass is 10.1. The van der Waals surface area contributed by atoms with Gasteiger partial charge in [0.25, 0.3) is 0 Å². The van der Waals surface area contributed by atoms with E-state index in [1.807, 2.05) is 0 Å². The number of ether oxygens (including phenoxy) is 3. The molecular formula is C14H31NO3. The van der Waals surface area contributed by atoms with Crippen LogP contribution in [-0.4, -0.2) is 52.2 Å². The molecule has 0 amide bonds. The molecule has 2 unspecified atom stereocenters. The van der Waals surface area contributed by atoms with Crippen molar-refractivity contribution in [2.45, 2.75) is 52.2 Å². The number of hydrogen-bond acceptors (Lipinski definition) is 4. The third-order valence-corrected chi connectivity index (χ3v) is 2.70. The maximum atomic E-state index is 5.75. The molecule has 0 saturated heterocycles. The number of nitrogens with one attached hydrogen (secondary N) is 1. The van der Waals surface area contributed by atoms with Crippen molar-refractivity contribution in [2.24, 2.45) is 0 Å². The van der Waals surface area contributed by atoms with Crippen LogP contribution in [0, 0.1) is 0 Å². The van der Waals surface area contributed by atoms with Gasteiger partial charge in [-0.3, -0.25) is 0 Å². The Morgan fingerprint density at radius 1 is 1.06 bits per heavy atom. The molecule has 0 radical (unpaired) electrons. The van der Waals surface area contributed by atoms with Crippen LogP contribution < -0.4 is 5.32 Å². The van der Waals surface area contributed by atoms with E-state index in [9.17, 15) is 0 Å². The van der Waals surface area contributed by atoms with Crippen molar-refractivity contribution in [3.63, 3.8) is 0 Å². The molecule has 0 heterocycles. The number of hydrogen-bond donors (Lipinski definition) is 1. The van der Waals surface area contributed by atoms with Crippen molar-refractivity contribution in [2.75, 3.05) is 40.1 Å². The molecule has 0 fully saturated rings. The Morgan fingerprint density at radius 2 is 1.83 bits per heavy atom. The summed E-state index contributed by atoms with van der Waals surface area (Å²) in [6, 6.07) is 0.526. The Balaban J connectivity index is 3.28. The zero-order valence-corrected chi connectivity index (χ0v) is 12.5. The fourth-order valence-corrected chi connectivity index (χ4v) is 1.73. The minimum absolute atomic E-state index is 0.309. The molecule has 0 aromatic rings. The van der Waals surface area contributed by atoms with Crippen LogP contribution in [-0.2, 0) is 14.2 Å². The molecule has 0 aromatic carbocycles. The second-order valence-electron chi connectivity index (χ2n) is 4.73. The van der Waals surface area contributed by atoms with E-state index in [2.05, 4.69) is 26.1 Å². The monoisotopic (exact) mass is 261 g/mol. The highest BCUT2D eigenvalue weighted by Crippen LogP contribution is 2.03. The summed E-state index contributed by atoms with van der Waals surface area (Å²) in [6.45, 7) is 10.5. The predicted molar refractivity (Wildman–Crippen MR) is 75.1 cm³/mol. The van der Waals surface area contributed by atoms with E-state index in [0.717, 1.165) is 32.6 Å². The first-order valence-electron chi connectivity index (χ1n) is 7.12. The van der Waals surface area contributed by atoms with Crippen LogP contribution in [0.5, 0.6) is 0 Å².